The first-order chi connectivity index (χ1) is 10.5. The van der Waals surface area contributed by atoms with Crippen molar-refractivity contribution < 1.29 is 9.32 Å². The summed E-state index contributed by atoms with van der Waals surface area (Å²) in [4.78, 5) is 12.2. The standard InChI is InChI=1S/C16H16Cl2N2O2/c1-9(6-11-4-5-12(17)7-13(11)18)19-16(21)14-8-15(22-20-14)10-2-3-10/h4-5,7-10H,2-3,6H2,1H3,(H,19,21). The Morgan fingerprint density at radius 1 is 1.41 bits per heavy atom. The summed E-state index contributed by atoms with van der Waals surface area (Å²) in [5, 5.41) is 7.94. The zero-order valence-electron chi connectivity index (χ0n) is 12.1. The van der Waals surface area contributed by atoms with Crippen LogP contribution in [0.5, 0.6) is 0 Å². The molecule has 1 aromatic carbocycles. The van der Waals surface area contributed by atoms with Crippen LogP contribution in [0.15, 0.2) is 28.8 Å². The zero-order chi connectivity index (χ0) is 15.7. The van der Waals surface area contributed by atoms with Crippen LogP contribution in [0.3, 0.4) is 0 Å². The lowest BCUT2D eigenvalue weighted by Crippen LogP contribution is -2.34. The summed E-state index contributed by atoms with van der Waals surface area (Å²) in [6, 6.07) is 7.01. The van der Waals surface area contributed by atoms with Gasteiger partial charge >= 0.3 is 0 Å². The van der Waals surface area contributed by atoms with Crippen LogP contribution < -0.4 is 5.32 Å². The minimum absolute atomic E-state index is 0.0766. The van der Waals surface area contributed by atoms with E-state index in [0.717, 1.165) is 24.2 Å². The molecule has 1 atom stereocenters. The highest BCUT2D eigenvalue weighted by atomic mass is 35.5. The highest BCUT2D eigenvalue weighted by molar-refractivity contribution is 6.35. The molecule has 1 aromatic heterocycles. The lowest BCUT2D eigenvalue weighted by Gasteiger charge is -2.14. The second-order valence-corrected chi connectivity index (χ2v) is 6.55. The lowest BCUT2D eigenvalue weighted by molar-refractivity contribution is 0.0931. The minimum Gasteiger partial charge on any atom is -0.360 e. The van der Waals surface area contributed by atoms with Gasteiger partial charge in [-0.1, -0.05) is 34.4 Å². The Morgan fingerprint density at radius 3 is 2.86 bits per heavy atom. The molecule has 1 N–H and O–H groups in total. The van der Waals surface area contributed by atoms with Gasteiger partial charge in [0.25, 0.3) is 5.91 Å². The molecule has 0 radical (unpaired) electrons. The van der Waals surface area contributed by atoms with Crippen LogP contribution in [0.1, 0.15) is 47.5 Å². The van der Waals surface area contributed by atoms with E-state index in [4.69, 9.17) is 27.7 Å². The summed E-state index contributed by atoms with van der Waals surface area (Å²) in [5.74, 6) is 1.02. The number of amides is 1. The molecule has 3 rings (SSSR count). The van der Waals surface area contributed by atoms with Crippen LogP contribution in [0.2, 0.25) is 10.0 Å². The van der Waals surface area contributed by atoms with Crippen LogP contribution in [0.25, 0.3) is 0 Å². The van der Waals surface area contributed by atoms with Gasteiger partial charge in [0.2, 0.25) is 0 Å². The number of carbonyl (C=O) groups is 1. The fraction of sp³-hybridized carbons (Fsp3) is 0.375. The Balaban J connectivity index is 1.60. The Morgan fingerprint density at radius 2 is 2.18 bits per heavy atom. The normalized spacial score (nSPS) is 15.6. The van der Waals surface area contributed by atoms with Crippen molar-refractivity contribution in [1.82, 2.24) is 10.5 Å². The van der Waals surface area contributed by atoms with Crippen molar-refractivity contribution in [3.8, 4) is 0 Å². The number of halogens is 2. The highest BCUT2D eigenvalue weighted by Crippen LogP contribution is 2.40. The van der Waals surface area contributed by atoms with Gasteiger partial charge < -0.3 is 9.84 Å². The van der Waals surface area contributed by atoms with Gasteiger partial charge in [-0.25, -0.2) is 0 Å². The molecular formula is C16H16Cl2N2O2. The maximum atomic E-state index is 12.2. The summed E-state index contributed by atoms with van der Waals surface area (Å²) in [5.41, 5.74) is 1.27. The van der Waals surface area contributed by atoms with E-state index in [2.05, 4.69) is 10.5 Å². The van der Waals surface area contributed by atoms with Crippen molar-refractivity contribution in [1.29, 1.82) is 0 Å². The molecule has 0 bridgehead atoms. The molecule has 0 saturated heterocycles. The molecule has 1 aliphatic carbocycles. The number of rotatable bonds is 5. The number of carbonyl (C=O) groups excluding carboxylic acids is 1. The van der Waals surface area contributed by atoms with Crippen molar-refractivity contribution in [3.63, 3.8) is 0 Å². The van der Waals surface area contributed by atoms with Gasteiger partial charge in [0.15, 0.2) is 5.69 Å². The van der Waals surface area contributed by atoms with Crippen LogP contribution in [-0.4, -0.2) is 17.1 Å². The maximum absolute atomic E-state index is 12.2. The molecule has 1 aliphatic rings. The van der Waals surface area contributed by atoms with Crippen molar-refractivity contribution in [2.45, 2.75) is 38.1 Å². The number of nitrogens with zero attached hydrogens (tertiary/aromatic N) is 1. The topological polar surface area (TPSA) is 55.1 Å². The van der Waals surface area contributed by atoms with E-state index in [1.165, 1.54) is 0 Å². The fourth-order valence-electron chi connectivity index (χ4n) is 2.32. The molecule has 6 heteroatoms. The van der Waals surface area contributed by atoms with Gasteiger partial charge in [-0.05, 0) is 43.9 Å². The summed E-state index contributed by atoms with van der Waals surface area (Å²) in [7, 11) is 0. The lowest BCUT2D eigenvalue weighted by atomic mass is 10.1. The summed E-state index contributed by atoms with van der Waals surface area (Å²) in [6.45, 7) is 1.92. The fourth-order valence-corrected chi connectivity index (χ4v) is 2.81. The summed E-state index contributed by atoms with van der Waals surface area (Å²) >= 11 is 12.0. The van der Waals surface area contributed by atoms with Crippen LogP contribution in [-0.2, 0) is 6.42 Å². The first-order valence-electron chi connectivity index (χ1n) is 7.24. The summed E-state index contributed by atoms with van der Waals surface area (Å²) in [6.07, 6.45) is 2.85. The number of aromatic nitrogens is 1. The Hall–Kier alpha value is -1.52. The first-order valence-corrected chi connectivity index (χ1v) is 8.00. The number of hydrogen-bond donors (Lipinski definition) is 1. The van der Waals surface area contributed by atoms with Crippen molar-refractivity contribution >= 4 is 29.1 Å². The van der Waals surface area contributed by atoms with E-state index in [1.807, 2.05) is 13.0 Å². The largest absolute Gasteiger partial charge is 0.360 e. The smallest absolute Gasteiger partial charge is 0.273 e. The maximum Gasteiger partial charge on any atom is 0.273 e. The van der Waals surface area contributed by atoms with Crippen molar-refractivity contribution in [2.24, 2.45) is 0 Å². The molecule has 2 aromatic rings. The average Bonchev–Trinajstić information content (AvgIpc) is 3.19. The van der Waals surface area contributed by atoms with Crippen molar-refractivity contribution in [2.75, 3.05) is 0 Å². The highest BCUT2D eigenvalue weighted by Gasteiger charge is 2.29. The van der Waals surface area contributed by atoms with E-state index in [-0.39, 0.29) is 11.9 Å². The van der Waals surface area contributed by atoms with Gasteiger partial charge in [0.1, 0.15) is 5.76 Å². The van der Waals surface area contributed by atoms with E-state index in [0.29, 0.717) is 28.1 Å². The van der Waals surface area contributed by atoms with E-state index < -0.39 is 0 Å². The first kappa shape index (κ1) is 15.4. The predicted molar refractivity (Wildman–Crippen MR) is 85.6 cm³/mol. The second-order valence-electron chi connectivity index (χ2n) is 5.70. The third kappa shape index (κ3) is 3.62. The molecule has 1 amide bonds. The minimum atomic E-state index is -0.228. The quantitative estimate of drug-likeness (QED) is 0.887. The van der Waals surface area contributed by atoms with Crippen molar-refractivity contribution in [3.05, 3.63) is 51.3 Å². The van der Waals surface area contributed by atoms with E-state index in [1.54, 1.807) is 18.2 Å². The van der Waals surface area contributed by atoms with E-state index >= 15 is 0 Å². The molecule has 4 nitrogen and oxygen atoms in total. The van der Waals surface area contributed by atoms with E-state index in [9.17, 15) is 4.79 Å². The van der Waals surface area contributed by atoms with Gasteiger partial charge in [-0.2, -0.15) is 0 Å². The molecule has 22 heavy (non-hydrogen) atoms. The Kier molecular flexibility index (Phi) is 4.41. The van der Waals surface area contributed by atoms with Crippen LogP contribution >= 0.6 is 23.2 Å². The molecule has 0 spiro atoms. The SMILES string of the molecule is CC(Cc1ccc(Cl)cc1Cl)NC(=O)c1cc(C2CC2)on1. The van der Waals surface area contributed by atoms with Crippen LogP contribution in [0, 0.1) is 0 Å². The average molecular weight is 339 g/mol. The number of nitrogens with one attached hydrogen (secondary N) is 1. The Labute approximate surface area is 138 Å². The van der Waals surface area contributed by atoms with Gasteiger partial charge in [-0.15, -0.1) is 0 Å². The molecular weight excluding hydrogens is 323 g/mol. The van der Waals surface area contributed by atoms with Gasteiger partial charge in [0, 0.05) is 28.1 Å². The van der Waals surface area contributed by atoms with Crippen LogP contribution in [0.4, 0.5) is 0 Å². The number of hydrogen-bond acceptors (Lipinski definition) is 3. The zero-order valence-corrected chi connectivity index (χ0v) is 13.6. The molecule has 1 fully saturated rings. The predicted octanol–water partition coefficient (Wildman–Crippen LogP) is 4.22. The third-order valence-corrected chi connectivity index (χ3v) is 4.25. The molecule has 0 aliphatic heterocycles. The molecule has 1 unspecified atom stereocenters. The molecule has 116 valence electrons. The van der Waals surface area contributed by atoms with Gasteiger partial charge in [0.05, 0.1) is 0 Å². The van der Waals surface area contributed by atoms with Gasteiger partial charge in [-0.3, -0.25) is 4.79 Å². The third-order valence-electron chi connectivity index (χ3n) is 3.66. The summed E-state index contributed by atoms with van der Waals surface area (Å²) < 4.78 is 5.20. The second kappa shape index (κ2) is 6.31. The molecule has 1 saturated carbocycles. The number of benzene rings is 1. The molecule has 1 heterocycles. The monoisotopic (exact) mass is 338 g/mol. The Bertz CT molecular complexity index is 695.